The van der Waals surface area contributed by atoms with Crippen molar-refractivity contribution in [3.63, 3.8) is 0 Å². The number of benzene rings is 1. The number of hydrogen-bond acceptors (Lipinski definition) is 5. The molecule has 3 rings (SSSR count). The van der Waals surface area contributed by atoms with E-state index in [1.165, 1.54) is 0 Å². The minimum absolute atomic E-state index is 0.0307. The van der Waals surface area contributed by atoms with Gasteiger partial charge in [-0.2, -0.15) is 0 Å². The second kappa shape index (κ2) is 7.08. The van der Waals surface area contributed by atoms with Crippen LogP contribution in [0.4, 0.5) is 0 Å². The van der Waals surface area contributed by atoms with Crippen LogP contribution in [-0.4, -0.2) is 57.8 Å². The van der Waals surface area contributed by atoms with Crippen molar-refractivity contribution in [2.75, 3.05) is 47.0 Å². The van der Waals surface area contributed by atoms with Crippen LogP contribution in [0.3, 0.4) is 0 Å². The Morgan fingerprint density at radius 1 is 1.30 bits per heavy atom. The maximum Gasteiger partial charge on any atom is 0.254 e. The molecule has 1 saturated heterocycles. The molecule has 0 atom stereocenters. The molecule has 0 aliphatic carbocycles. The lowest BCUT2D eigenvalue weighted by Crippen LogP contribution is -2.40. The van der Waals surface area contributed by atoms with Gasteiger partial charge in [-0.1, -0.05) is 0 Å². The first-order valence-corrected chi connectivity index (χ1v) is 8.14. The molecule has 6 heteroatoms. The van der Waals surface area contributed by atoms with Crippen LogP contribution in [0.5, 0.6) is 17.2 Å². The van der Waals surface area contributed by atoms with Gasteiger partial charge in [0.2, 0.25) is 5.75 Å². The Morgan fingerprint density at radius 3 is 2.74 bits per heavy atom. The summed E-state index contributed by atoms with van der Waals surface area (Å²) in [6.07, 6.45) is 2.07. The number of methoxy groups -OCH3 is 1. The summed E-state index contributed by atoms with van der Waals surface area (Å²) >= 11 is 0. The van der Waals surface area contributed by atoms with Gasteiger partial charge in [0.25, 0.3) is 5.91 Å². The molecule has 2 aliphatic rings. The van der Waals surface area contributed by atoms with Crippen LogP contribution in [-0.2, 0) is 0 Å². The number of nitrogens with zero attached hydrogens (tertiary/aromatic N) is 1. The maximum atomic E-state index is 12.8. The van der Waals surface area contributed by atoms with Gasteiger partial charge in [-0.3, -0.25) is 4.79 Å². The predicted octanol–water partition coefficient (Wildman–Crippen LogP) is 1.54. The lowest BCUT2D eigenvalue weighted by atomic mass is 9.96. The summed E-state index contributed by atoms with van der Waals surface area (Å²) < 4.78 is 16.5. The lowest BCUT2D eigenvalue weighted by Gasteiger charge is -2.32. The van der Waals surface area contributed by atoms with Crippen LogP contribution >= 0.6 is 0 Å². The van der Waals surface area contributed by atoms with Gasteiger partial charge in [0.05, 0.1) is 7.11 Å². The van der Waals surface area contributed by atoms with Gasteiger partial charge in [-0.25, -0.2) is 0 Å². The van der Waals surface area contributed by atoms with Crippen LogP contribution < -0.4 is 19.5 Å². The number of likely N-dealkylation sites (tertiary alicyclic amines) is 1. The average Bonchev–Trinajstić information content (AvgIpc) is 2.61. The van der Waals surface area contributed by atoms with E-state index in [0.717, 1.165) is 32.5 Å². The minimum atomic E-state index is 0.0307. The second-order valence-corrected chi connectivity index (χ2v) is 6.00. The first-order valence-electron chi connectivity index (χ1n) is 8.14. The number of nitrogens with one attached hydrogen (secondary N) is 1. The third-order valence-electron chi connectivity index (χ3n) is 4.47. The Balaban J connectivity index is 1.75. The molecular weight excluding hydrogens is 296 g/mol. The molecule has 0 aromatic heterocycles. The fourth-order valence-electron chi connectivity index (χ4n) is 3.21. The summed E-state index contributed by atoms with van der Waals surface area (Å²) in [6, 6.07) is 3.51. The van der Waals surface area contributed by atoms with Gasteiger partial charge in [-0.15, -0.1) is 0 Å². The van der Waals surface area contributed by atoms with E-state index in [1.54, 1.807) is 19.2 Å². The van der Waals surface area contributed by atoms with Crippen molar-refractivity contribution in [2.24, 2.45) is 5.92 Å². The number of rotatable bonds is 4. The van der Waals surface area contributed by atoms with E-state index < -0.39 is 0 Å². The summed E-state index contributed by atoms with van der Waals surface area (Å²) in [5, 5.41) is 3.21. The first-order chi connectivity index (χ1) is 11.2. The Labute approximate surface area is 136 Å². The highest BCUT2D eigenvalue weighted by atomic mass is 16.6. The average molecular weight is 320 g/mol. The van der Waals surface area contributed by atoms with Crippen molar-refractivity contribution < 1.29 is 19.0 Å². The van der Waals surface area contributed by atoms with E-state index in [4.69, 9.17) is 14.2 Å². The van der Waals surface area contributed by atoms with E-state index in [9.17, 15) is 4.79 Å². The summed E-state index contributed by atoms with van der Waals surface area (Å²) in [5.74, 6) is 2.41. The Bertz CT molecular complexity index is 551. The fraction of sp³-hybridized carbons (Fsp3) is 0.588. The van der Waals surface area contributed by atoms with Gasteiger partial charge >= 0.3 is 0 Å². The molecule has 0 spiro atoms. The molecule has 1 N–H and O–H groups in total. The van der Waals surface area contributed by atoms with E-state index >= 15 is 0 Å². The topological polar surface area (TPSA) is 60.0 Å². The molecule has 2 heterocycles. The Morgan fingerprint density at radius 2 is 2.04 bits per heavy atom. The molecule has 23 heavy (non-hydrogen) atoms. The van der Waals surface area contributed by atoms with Crippen molar-refractivity contribution in [1.82, 2.24) is 10.2 Å². The van der Waals surface area contributed by atoms with Crippen molar-refractivity contribution >= 4 is 5.91 Å². The largest absolute Gasteiger partial charge is 0.493 e. The molecular formula is C17H24N2O4. The number of hydrogen-bond donors (Lipinski definition) is 1. The zero-order chi connectivity index (χ0) is 16.2. The van der Waals surface area contributed by atoms with Crippen molar-refractivity contribution in [2.45, 2.75) is 12.8 Å². The highest BCUT2D eigenvalue weighted by Crippen LogP contribution is 2.40. The Kier molecular flexibility index (Phi) is 4.91. The van der Waals surface area contributed by atoms with Gasteiger partial charge < -0.3 is 24.4 Å². The molecule has 1 aromatic rings. The molecule has 1 fully saturated rings. The van der Waals surface area contributed by atoms with E-state index in [-0.39, 0.29) is 5.91 Å². The molecule has 0 radical (unpaired) electrons. The maximum absolute atomic E-state index is 12.8. The van der Waals surface area contributed by atoms with E-state index in [1.807, 2.05) is 11.9 Å². The fourth-order valence-corrected chi connectivity index (χ4v) is 3.21. The predicted molar refractivity (Wildman–Crippen MR) is 86.5 cm³/mol. The molecule has 0 saturated carbocycles. The molecule has 1 aromatic carbocycles. The van der Waals surface area contributed by atoms with Crippen LogP contribution in [0, 0.1) is 5.92 Å². The Hall–Kier alpha value is -1.95. The molecule has 2 aliphatic heterocycles. The zero-order valence-electron chi connectivity index (χ0n) is 13.8. The number of carbonyl (C=O) groups is 1. The molecule has 1 amide bonds. The van der Waals surface area contributed by atoms with E-state index in [0.29, 0.717) is 41.9 Å². The molecule has 6 nitrogen and oxygen atoms in total. The monoisotopic (exact) mass is 320 g/mol. The third kappa shape index (κ3) is 3.37. The zero-order valence-corrected chi connectivity index (χ0v) is 13.8. The number of ether oxygens (including phenoxy) is 3. The van der Waals surface area contributed by atoms with Gasteiger partial charge in [0, 0.05) is 18.7 Å². The smallest absolute Gasteiger partial charge is 0.254 e. The van der Waals surface area contributed by atoms with Crippen molar-refractivity contribution in [3.05, 3.63) is 17.7 Å². The molecule has 126 valence electrons. The quantitative estimate of drug-likeness (QED) is 0.912. The standard InChI is InChI=1S/C17H24N2O4/c1-18-11-12-3-5-19(6-4-12)17(20)13-9-14(21-2)16-15(10-13)22-7-8-23-16/h9-10,12,18H,3-8,11H2,1-2H3. The highest BCUT2D eigenvalue weighted by molar-refractivity contribution is 5.95. The second-order valence-electron chi connectivity index (χ2n) is 6.00. The molecule has 0 bridgehead atoms. The van der Waals surface area contributed by atoms with Gasteiger partial charge in [0.15, 0.2) is 11.5 Å². The van der Waals surface area contributed by atoms with Crippen LogP contribution in [0.15, 0.2) is 12.1 Å². The van der Waals surface area contributed by atoms with E-state index in [2.05, 4.69) is 5.32 Å². The van der Waals surface area contributed by atoms with Crippen molar-refractivity contribution in [3.8, 4) is 17.2 Å². The summed E-state index contributed by atoms with van der Waals surface area (Å²) in [7, 11) is 3.55. The SMILES string of the molecule is CNCC1CCN(C(=O)c2cc(OC)c3c(c2)OCCO3)CC1. The number of piperidine rings is 1. The highest BCUT2D eigenvalue weighted by Gasteiger charge is 2.26. The first kappa shape index (κ1) is 15.9. The minimum Gasteiger partial charge on any atom is -0.493 e. The third-order valence-corrected chi connectivity index (χ3v) is 4.47. The molecule has 0 unspecified atom stereocenters. The normalized spacial score (nSPS) is 17.9. The summed E-state index contributed by atoms with van der Waals surface area (Å²) in [6.45, 7) is 3.59. The van der Waals surface area contributed by atoms with Crippen LogP contribution in [0.25, 0.3) is 0 Å². The van der Waals surface area contributed by atoms with Crippen molar-refractivity contribution in [1.29, 1.82) is 0 Å². The summed E-state index contributed by atoms with van der Waals surface area (Å²) in [5.41, 5.74) is 0.596. The van der Waals surface area contributed by atoms with Gasteiger partial charge in [-0.05, 0) is 44.5 Å². The lowest BCUT2D eigenvalue weighted by molar-refractivity contribution is 0.0689. The van der Waals surface area contributed by atoms with Crippen LogP contribution in [0.1, 0.15) is 23.2 Å². The van der Waals surface area contributed by atoms with Gasteiger partial charge in [0.1, 0.15) is 13.2 Å². The number of carbonyl (C=O) groups excluding carboxylic acids is 1. The number of amides is 1. The number of fused-ring (bicyclic) bond motifs is 1. The summed E-state index contributed by atoms with van der Waals surface area (Å²) in [4.78, 5) is 14.7. The van der Waals surface area contributed by atoms with Crippen LogP contribution in [0.2, 0.25) is 0 Å².